The van der Waals surface area contributed by atoms with E-state index in [-0.39, 0.29) is 11.7 Å². The van der Waals surface area contributed by atoms with E-state index < -0.39 is 0 Å². The Morgan fingerprint density at radius 2 is 2.04 bits per heavy atom. The molecule has 1 saturated heterocycles. The largest absolute Gasteiger partial charge is 0.342 e. The smallest absolute Gasteiger partial charge is 0.226 e. The summed E-state index contributed by atoms with van der Waals surface area (Å²) in [5, 5.41) is 4.06. The van der Waals surface area contributed by atoms with Crippen molar-refractivity contribution in [1.82, 2.24) is 15.0 Å². The first kappa shape index (κ1) is 16.2. The number of aromatic nitrogens is 2. The molecule has 1 saturated carbocycles. The molecule has 5 nitrogen and oxygen atoms in total. The number of carbonyl (C=O) groups is 1. The molecule has 6 heteroatoms. The number of hydrogen-bond acceptors (Lipinski definition) is 4. The molecule has 2 aliphatic rings. The summed E-state index contributed by atoms with van der Waals surface area (Å²) in [6, 6.07) is 6.14. The molecule has 25 heavy (non-hydrogen) atoms. The number of likely N-dealkylation sites (tertiary alicyclic amines) is 1. The molecule has 2 heterocycles. The Bertz CT molecular complexity index is 739. The molecule has 0 bridgehead atoms. The highest BCUT2D eigenvalue weighted by atomic mass is 19.1. The van der Waals surface area contributed by atoms with Gasteiger partial charge in [0.05, 0.1) is 6.42 Å². The highest BCUT2D eigenvalue weighted by Crippen LogP contribution is 2.38. The predicted molar refractivity (Wildman–Crippen MR) is 89.4 cm³/mol. The lowest BCUT2D eigenvalue weighted by Crippen LogP contribution is -2.41. The lowest BCUT2D eigenvalue weighted by atomic mass is 9.94. The van der Waals surface area contributed by atoms with Crippen molar-refractivity contribution in [3.05, 3.63) is 47.4 Å². The van der Waals surface area contributed by atoms with E-state index in [1.807, 2.05) is 4.90 Å². The van der Waals surface area contributed by atoms with Gasteiger partial charge in [0.25, 0.3) is 0 Å². The maximum atomic E-state index is 13.0. The van der Waals surface area contributed by atoms with Crippen LogP contribution in [-0.2, 0) is 17.6 Å². The maximum Gasteiger partial charge on any atom is 0.226 e. The van der Waals surface area contributed by atoms with Crippen LogP contribution in [0.25, 0.3) is 0 Å². The van der Waals surface area contributed by atoms with Crippen LogP contribution in [0.5, 0.6) is 0 Å². The fourth-order valence-electron chi connectivity index (χ4n) is 3.45. The summed E-state index contributed by atoms with van der Waals surface area (Å²) in [4.78, 5) is 18.9. The molecule has 1 aromatic carbocycles. The second kappa shape index (κ2) is 6.94. The van der Waals surface area contributed by atoms with Gasteiger partial charge in [0.2, 0.25) is 11.8 Å². The lowest BCUT2D eigenvalue weighted by Gasteiger charge is -2.32. The Labute approximate surface area is 146 Å². The third-order valence-corrected chi connectivity index (χ3v) is 5.03. The summed E-state index contributed by atoms with van der Waals surface area (Å²) in [5.74, 6) is 2.21. The quantitative estimate of drug-likeness (QED) is 0.837. The number of carbonyl (C=O) groups excluding carboxylic acids is 1. The summed E-state index contributed by atoms with van der Waals surface area (Å²) in [7, 11) is 0. The summed E-state index contributed by atoms with van der Waals surface area (Å²) in [6.07, 6.45) is 5.44. The normalized spacial score (nSPS) is 20.7. The summed E-state index contributed by atoms with van der Waals surface area (Å²) in [6.45, 7) is 1.51. The number of benzene rings is 1. The third kappa shape index (κ3) is 4.06. The van der Waals surface area contributed by atoms with Gasteiger partial charge in [-0.1, -0.05) is 17.3 Å². The number of amides is 1. The molecule has 1 aromatic heterocycles. The van der Waals surface area contributed by atoms with Crippen molar-refractivity contribution in [1.29, 1.82) is 0 Å². The number of rotatable bonds is 5. The second-order valence-corrected chi connectivity index (χ2v) is 7.18. The van der Waals surface area contributed by atoms with Gasteiger partial charge in [-0.15, -0.1) is 0 Å². The highest BCUT2D eigenvalue weighted by Gasteiger charge is 2.30. The molecule has 1 unspecified atom stereocenters. The molecule has 0 spiro atoms. The van der Waals surface area contributed by atoms with Crippen molar-refractivity contribution in [2.75, 3.05) is 13.1 Å². The van der Waals surface area contributed by atoms with Gasteiger partial charge in [0.1, 0.15) is 5.82 Å². The topological polar surface area (TPSA) is 59.2 Å². The van der Waals surface area contributed by atoms with E-state index >= 15 is 0 Å². The monoisotopic (exact) mass is 343 g/mol. The minimum absolute atomic E-state index is 0.0977. The first-order valence-electron chi connectivity index (χ1n) is 9.02. The summed E-state index contributed by atoms with van der Waals surface area (Å²) < 4.78 is 18.3. The molecule has 1 aliphatic heterocycles. The fraction of sp³-hybridized carbons (Fsp3) is 0.526. The number of halogens is 1. The standard InChI is InChI=1S/C19H22FN3O2/c20-16-7-3-13(4-8-16)11-18(24)23-9-1-2-14(12-23)10-17-21-19(22-25-17)15-5-6-15/h3-4,7-8,14-15H,1-2,5-6,9-12H2. The van der Waals surface area contributed by atoms with Crippen molar-refractivity contribution in [2.24, 2.45) is 5.92 Å². The number of nitrogens with zero attached hydrogens (tertiary/aromatic N) is 3. The number of hydrogen-bond donors (Lipinski definition) is 0. The first-order chi connectivity index (χ1) is 12.2. The van der Waals surface area contributed by atoms with E-state index in [0.717, 1.165) is 56.6 Å². The van der Waals surface area contributed by atoms with Gasteiger partial charge in [0, 0.05) is 25.4 Å². The van der Waals surface area contributed by atoms with Crippen LogP contribution in [0.15, 0.2) is 28.8 Å². The zero-order valence-corrected chi connectivity index (χ0v) is 14.2. The highest BCUT2D eigenvalue weighted by molar-refractivity contribution is 5.78. The molecule has 2 aromatic rings. The Kier molecular flexibility index (Phi) is 4.51. The molecule has 1 atom stereocenters. The Balaban J connectivity index is 1.33. The van der Waals surface area contributed by atoms with Gasteiger partial charge in [-0.3, -0.25) is 4.79 Å². The summed E-state index contributed by atoms with van der Waals surface area (Å²) in [5.41, 5.74) is 0.847. The minimum Gasteiger partial charge on any atom is -0.342 e. The van der Waals surface area contributed by atoms with Crippen molar-refractivity contribution in [2.45, 2.75) is 44.4 Å². The Morgan fingerprint density at radius 1 is 1.24 bits per heavy atom. The van der Waals surface area contributed by atoms with E-state index in [9.17, 15) is 9.18 Å². The third-order valence-electron chi connectivity index (χ3n) is 5.03. The molecule has 132 valence electrons. The maximum absolute atomic E-state index is 13.0. The molecule has 4 rings (SSSR count). The molecule has 0 N–H and O–H groups in total. The van der Waals surface area contributed by atoms with Crippen LogP contribution in [0, 0.1) is 11.7 Å². The van der Waals surface area contributed by atoms with Crippen LogP contribution in [0.2, 0.25) is 0 Å². The van der Waals surface area contributed by atoms with Gasteiger partial charge in [-0.2, -0.15) is 4.98 Å². The summed E-state index contributed by atoms with van der Waals surface area (Å²) >= 11 is 0. The fourth-order valence-corrected chi connectivity index (χ4v) is 3.45. The lowest BCUT2D eigenvalue weighted by molar-refractivity contribution is -0.132. The van der Waals surface area contributed by atoms with Crippen LogP contribution >= 0.6 is 0 Å². The van der Waals surface area contributed by atoms with E-state index in [0.29, 0.717) is 24.1 Å². The van der Waals surface area contributed by atoms with Crippen molar-refractivity contribution in [3.8, 4) is 0 Å². The number of piperidine rings is 1. The van der Waals surface area contributed by atoms with Crippen LogP contribution in [-0.4, -0.2) is 34.0 Å². The predicted octanol–water partition coefficient (Wildman–Crippen LogP) is 3.11. The van der Waals surface area contributed by atoms with E-state index in [4.69, 9.17) is 4.52 Å². The van der Waals surface area contributed by atoms with E-state index in [2.05, 4.69) is 10.1 Å². The van der Waals surface area contributed by atoms with Crippen molar-refractivity contribution < 1.29 is 13.7 Å². The van der Waals surface area contributed by atoms with Crippen LogP contribution < -0.4 is 0 Å². The van der Waals surface area contributed by atoms with Gasteiger partial charge < -0.3 is 9.42 Å². The molecule has 2 fully saturated rings. The Hall–Kier alpha value is -2.24. The van der Waals surface area contributed by atoms with Crippen molar-refractivity contribution in [3.63, 3.8) is 0 Å². The van der Waals surface area contributed by atoms with Crippen LogP contribution in [0.3, 0.4) is 0 Å². The van der Waals surface area contributed by atoms with Crippen molar-refractivity contribution >= 4 is 5.91 Å². The molecule has 0 radical (unpaired) electrons. The molecule has 1 aliphatic carbocycles. The van der Waals surface area contributed by atoms with Gasteiger partial charge in [-0.05, 0) is 49.3 Å². The van der Waals surface area contributed by atoms with Gasteiger partial charge >= 0.3 is 0 Å². The van der Waals surface area contributed by atoms with Crippen LogP contribution in [0.1, 0.15) is 48.9 Å². The average molecular weight is 343 g/mol. The zero-order chi connectivity index (χ0) is 17.2. The molecular weight excluding hydrogens is 321 g/mol. The Morgan fingerprint density at radius 3 is 2.80 bits per heavy atom. The minimum atomic E-state index is -0.278. The molecule has 1 amide bonds. The van der Waals surface area contributed by atoms with E-state index in [1.165, 1.54) is 12.1 Å². The average Bonchev–Trinajstić information content (AvgIpc) is 3.37. The second-order valence-electron chi connectivity index (χ2n) is 7.18. The molecular formula is C19H22FN3O2. The van der Waals surface area contributed by atoms with Gasteiger partial charge in [0.15, 0.2) is 5.82 Å². The zero-order valence-electron chi connectivity index (χ0n) is 14.2. The van der Waals surface area contributed by atoms with Crippen LogP contribution in [0.4, 0.5) is 4.39 Å². The SMILES string of the molecule is O=C(Cc1ccc(F)cc1)N1CCCC(Cc2nc(C3CC3)no2)C1. The first-order valence-corrected chi connectivity index (χ1v) is 9.02. The van der Waals surface area contributed by atoms with E-state index in [1.54, 1.807) is 12.1 Å². The van der Waals surface area contributed by atoms with Gasteiger partial charge in [-0.25, -0.2) is 4.39 Å².